The second-order valence-electron chi connectivity index (χ2n) is 5.54. The number of amides is 1. The number of carbonyl (C=O) groups is 1. The average Bonchev–Trinajstić information content (AvgIpc) is 2.36. The molecule has 1 amide bonds. The zero-order valence-electron chi connectivity index (χ0n) is 12.7. The third-order valence-corrected chi connectivity index (χ3v) is 2.96. The van der Waals surface area contributed by atoms with Crippen LogP contribution in [0.3, 0.4) is 0 Å². The van der Waals surface area contributed by atoms with Gasteiger partial charge in [-0.1, -0.05) is 13.8 Å². The van der Waals surface area contributed by atoms with Crippen LogP contribution in [0.4, 0.5) is 5.69 Å². The summed E-state index contributed by atoms with van der Waals surface area (Å²) in [6.45, 7) is 5.01. The second-order valence-corrected chi connectivity index (χ2v) is 5.54. The molecule has 0 radical (unpaired) electrons. The Kier molecular flexibility index (Phi) is 6.31. The van der Waals surface area contributed by atoms with Crippen LogP contribution in [0.15, 0.2) is 24.3 Å². The summed E-state index contributed by atoms with van der Waals surface area (Å²) in [4.78, 5) is 14.0. The van der Waals surface area contributed by atoms with Crippen molar-refractivity contribution in [1.29, 1.82) is 0 Å². The lowest BCUT2D eigenvalue weighted by Gasteiger charge is -2.25. The fourth-order valence-corrected chi connectivity index (χ4v) is 1.78. The van der Waals surface area contributed by atoms with Gasteiger partial charge in [0.15, 0.2) is 6.61 Å². The summed E-state index contributed by atoms with van der Waals surface area (Å²) in [5.74, 6) is 0.906. The molecule has 1 aromatic carbocycles. The van der Waals surface area contributed by atoms with Crippen molar-refractivity contribution < 1.29 is 9.53 Å². The predicted octanol–water partition coefficient (Wildman–Crippen LogP) is 1.35. The quantitative estimate of drug-likeness (QED) is 0.739. The number of likely N-dealkylation sites (N-methyl/N-ethyl adjacent to an activating group) is 1. The van der Waals surface area contributed by atoms with Gasteiger partial charge < -0.3 is 20.7 Å². The van der Waals surface area contributed by atoms with Crippen molar-refractivity contribution in [2.45, 2.75) is 19.9 Å². The number of nitrogen functional groups attached to an aromatic ring is 1. The molecule has 0 aliphatic heterocycles. The normalized spacial score (nSPS) is 12.5. The zero-order valence-corrected chi connectivity index (χ0v) is 12.7. The van der Waals surface area contributed by atoms with E-state index in [9.17, 15) is 4.79 Å². The van der Waals surface area contributed by atoms with E-state index in [1.807, 2.05) is 14.1 Å². The summed E-state index contributed by atoms with van der Waals surface area (Å²) >= 11 is 0. The molecular formula is C15H25N3O2. The predicted molar refractivity (Wildman–Crippen MR) is 81.7 cm³/mol. The van der Waals surface area contributed by atoms with E-state index in [1.165, 1.54) is 0 Å². The smallest absolute Gasteiger partial charge is 0.258 e. The molecule has 0 spiro atoms. The molecule has 5 nitrogen and oxygen atoms in total. The molecule has 3 N–H and O–H groups in total. The van der Waals surface area contributed by atoms with Gasteiger partial charge in [0.25, 0.3) is 5.91 Å². The van der Waals surface area contributed by atoms with E-state index in [0.717, 1.165) is 6.54 Å². The Hall–Kier alpha value is -1.75. The molecule has 20 heavy (non-hydrogen) atoms. The summed E-state index contributed by atoms with van der Waals surface area (Å²) in [5.41, 5.74) is 6.26. The lowest BCUT2D eigenvalue weighted by atomic mass is 10.0. The van der Waals surface area contributed by atoms with Gasteiger partial charge in [-0.3, -0.25) is 4.79 Å². The molecule has 0 saturated heterocycles. The molecule has 0 bridgehead atoms. The number of ether oxygens (including phenoxy) is 1. The third kappa shape index (κ3) is 5.93. The Morgan fingerprint density at radius 2 is 1.90 bits per heavy atom. The molecule has 0 aromatic heterocycles. The highest BCUT2D eigenvalue weighted by molar-refractivity contribution is 5.77. The van der Waals surface area contributed by atoms with Crippen LogP contribution in [-0.2, 0) is 4.79 Å². The highest BCUT2D eigenvalue weighted by Crippen LogP contribution is 2.12. The van der Waals surface area contributed by atoms with Gasteiger partial charge in [0, 0.05) is 18.3 Å². The average molecular weight is 279 g/mol. The van der Waals surface area contributed by atoms with Crippen molar-refractivity contribution in [2.75, 3.05) is 33.0 Å². The van der Waals surface area contributed by atoms with E-state index in [2.05, 4.69) is 24.1 Å². The Morgan fingerprint density at radius 3 is 2.40 bits per heavy atom. The van der Waals surface area contributed by atoms with Gasteiger partial charge in [-0.2, -0.15) is 0 Å². The number of carbonyl (C=O) groups excluding carboxylic acids is 1. The monoisotopic (exact) mass is 279 g/mol. The molecule has 5 heteroatoms. The van der Waals surface area contributed by atoms with Crippen molar-refractivity contribution in [3.8, 4) is 5.75 Å². The van der Waals surface area contributed by atoms with Crippen LogP contribution in [0, 0.1) is 5.92 Å². The van der Waals surface area contributed by atoms with Crippen LogP contribution in [0.2, 0.25) is 0 Å². The second kappa shape index (κ2) is 7.75. The Labute approximate surface area is 121 Å². The first kappa shape index (κ1) is 16.3. The van der Waals surface area contributed by atoms with Crippen molar-refractivity contribution in [2.24, 2.45) is 5.92 Å². The van der Waals surface area contributed by atoms with E-state index in [4.69, 9.17) is 10.5 Å². The van der Waals surface area contributed by atoms with E-state index in [0.29, 0.717) is 17.4 Å². The van der Waals surface area contributed by atoms with Crippen molar-refractivity contribution in [3.05, 3.63) is 24.3 Å². The Morgan fingerprint density at radius 1 is 1.30 bits per heavy atom. The topological polar surface area (TPSA) is 67.6 Å². The summed E-state index contributed by atoms with van der Waals surface area (Å²) in [7, 11) is 3.98. The minimum atomic E-state index is -0.109. The molecule has 0 heterocycles. The van der Waals surface area contributed by atoms with Crippen LogP contribution < -0.4 is 15.8 Å². The van der Waals surface area contributed by atoms with Gasteiger partial charge in [0.2, 0.25) is 0 Å². The highest BCUT2D eigenvalue weighted by atomic mass is 16.5. The maximum absolute atomic E-state index is 11.9. The first-order valence-corrected chi connectivity index (χ1v) is 6.81. The summed E-state index contributed by atoms with van der Waals surface area (Å²) in [6.07, 6.45) is 0. The third-order valence-electron chi connectivity index (χ3n) is 2.96. The Bertz CT molecular complexity index is 416. The number of rotatable bonds is 7. The molecule has 0 aliphatic rings. The molecule has 0 fully saturated rings. The molecule has 1 rings (SSSR count). The van der Waals surface area contributed by atoms with Gasteiger partial charge in [0.05, 0.1) is 0 Å². The number of hydrogen-bond donors (Lipinski definition) is 2. The van der Waals surface area contributed by atoms with Crippen molar-refractivity contribution >= 4 is 11.6 Å². The summed E-state index contributed by atoms with van der Waals surface area (Å²) < 4.78 is 5.43. The molecule has 1 unspecified atom stereocenters. The van der Waals surface area contributed by atoms with Crippen LogP contribution >= 0.6 is 0 Å². The van der Waals surface area contributed by atoms with E-state index < -0.39 is 0 Å². The fourth-order valence-electron chi connectivity index (χ4n) is 1.78. The van der Waals surface area contributed by atoms with Crippen molar-refractivity contribution in [1.82, 2.24) is 10.2 Å². The maximum Gasteiger partial charge on any atom is 0.258 e. The molecular weight excluding hydrogens is 254 g/mol. The number of benzene rings is 1. The van der Waals surface area contributed by atoms with Gasteiger partial charge in [-0.05, 0) is 44.3 Å². The standard InChI is InChI=1S/C15H25N3O2/c1-11(2)14(9-18(3)4)17-15(19)10-20-13-7-5-12(16)6-8-13/h5-8,11,14H,9-10,16H2,1-4H3,(H,17,19). The number of nitrogens with two attached hydrogens (primary N) is 1. The van der Waals surface area contributed by atoms with Crippen LogP contribution in [0.25, 0.3) is 0 Å². The van der Waals surface area contributed by atoms with Gasteiger partial charge >= 0.3 is 0 Å². The molecule has 112 valence electrons. The number of hydrogen-bond acceptors (Lipinski definition) is 4. The first-order chi connectivity index (χ1) is 9.38. The number of nitrogens with one attached hydrogen (secondary N) is 1. The number of nitrogens with zero attached hydrogens (tertiary/aromatic N) is 1. The molecule has 0 saturated carbocycles. The van der Waals surface area contributed by atoms with Crippen molar-refractivity contribution in [3.63, 3.8) is 0 Å². The lowest BCUT2D eigenvalue weighted by molar-refractivity contribution is -0.124. The molecule has 0 aliphatic carbocycles. The van der Waals surface area contributed by atoms with Gasteiger partial charge in [-0.15, -0.1) is 0 Å². The maximum atomic E-state index is 11.9. The van der Waals surface area contributed by atoms with Crippen LogP contribution in [0.1, 0.15) is 13.8 Å². The lowest BCUT2D eigenvalue weighted by Crippen LogP contribution is -2.46. The molecule has 1 aromatic rings. The highest BCUT2D eigenvalue weighted by Gasteiger charge is 2.17. The van der Waals surface area contributed by atoms with E-state index in [1.54, 1.807) is 24.3 Å². The number of anilines is 1. The van der Waals surface area contributed by atoms with Gasteiger partial charge in [0.1, 0.15) is 5.75 Å². The van der Waals surface area contributed by atoms with Gasteiger partial charge in [-0.25, -0.2) is 0 Å². The largest absolute Gasteiger partial charge is 0.484 e. The van der Waals surface area contributed by atoms with Crippen LogP contribution in [0.5, 0.6) is 5.75 Å². The van der Waals surface area contributed by atoms with Crippen LogP contribution in [-0.4, -0.2) is 44.1 Å². The zero-order chi connectivity index (χ0) is 15.1. The molecule has 1 atom stereocenters. The Balaban J connectivity index is 2.43. The minimum absolute atomic E-state index is 0.0145. The van der Waals surface area contributed by atoms with E-state index >= 15 is 0 Å². The SMILES string of the molecule is CC(C)C(CN(C)C)NC(=O)COc1ccc(N)cc1. The minimum Gasteiger partial charge on any atom is -0.484 e. The summed E-state index contributed by atoms with van der Waals surface area (Å²) in [5, 5.41) is 3.00. The first-order valence-electron chi connectivity index (χ1n) is 6.81. The summed E-state index contributed by atoms with van der Waals surface area (Å²) in [6, 6.07) is 7.12. The fraction of sp³-hybridized carbons (Fsp3) is 0.533. The van der Waals surface area contributed by atoms with E-state index in [-0.39, 0.29) is 18.6 Å².